The van der Waals surface area contributed by atoms with Crippen LogP contribution in [-0.4, -0.2) is 89.9 Å². The standard InChI is InChI=1S/C28H46N2O4.C7H5ClO2/c1-29-15-9-17-30(16-8-7-10-22-13-14-27-28(18-22)34-21-33-27)19-24(26(32)20-29)23-11-5-3-2-4-6-12-25(23)31;8-6-3-1-5(2-4-6)7(9)10/h13-14,18,23-26,31-32H,2-12,15-17,19-21H2,1H3;1-4H,(H,9,10). The molecular weight excluding hydrogens is 580 g/mol. The Balaban J connectivity index is 0.000000375. The van der Waals surface area contributed by atoms with E-state index in [0.29, 0.717) is 18.4 Å². The Labute approximate surface area is 267 Å². The number of hydrogen-bond acceptors (Lipinski definition) is 7. The maximum Gasteiger partial charge on any atom is 0.335 e. The molecule has 2 heterocycles. The van der Waals surface area contributed by atoms with E-state index >= 15 is 0 Å². The Morgan fingerprint density at radius 1 is 0.841 bits per heavy atom. The lowest BCUT2D eigenvalue weighted by molar-refractivity contribution is -0.0216. The van der Waals surface area contributed by atoms with Crippen LogP contribution in [0.25, 0.3) is 0 Å². The summed E-state index contributed by atoms with van der Waals surface area (Å²) in [5.74, 6) is 1.13. The molecule has 5 rings (SSSR count). The van der Waals surface area contributed by atoms with Crippen LogP contribution in [0.15, 0.2) is 42.5 Å². The molecule has 0 radical (unpaired) electrons. The lowest BCUT2D eigenvalue weighted by Gasteiger charge is -2.37. The number of aliphatic hydroxyl groups is 2. The van der Waals surface area contributed by atoms with E-state index in [4.69, 9.17) is 26.2 Å². The molecule has 1 saturated carbocycles. The topological polar surface area (TPSA) is 103 Å². The number of ether oxygens (including phenoxy) is 2. The smallest absolute Gasteiger partial charge is 0.335 e. The van der Waals surface area contributed by atoms with Crippen LogP contribution in [0.1, 0.15) is 80.1 Å². The normalized spacial score (nSPS) is 25.3. The number of β-amino-alcohol motifs (C(OH)–C–C–N with tert-alkyl or cyclic N) is 1. The first kappa shape index (κ1) is 34.5. The van der Waals surface area contributed by atoms with Crippen molar-refractivity contribution in [2.45, 2.75) is 82.8 Å². The van der Waals surface area contributed by atoms with Gasteiger partial charge in [0.1, 0.15) is 0 Å². The highest BCUT2D eigenvalue weighted by Crippen LogP contribution is 2.34. The van der Waals surface area contributed by atoms with E-state index in [2.05, 4.69) is 29.0 Å². The Morgan fingerprint density at radius 2 is 1.57 bits per heavy atom. The van der Waals surface area contributed by atoms with Gasteiger partial charge in [0.2, 0.25) is 6.79 Å². The predicted octanol–water partition coefficient (Wildman–Crippen LogP) is 6.11. The van der Waals surface area contributed by atoms with Crippen LogP contribution in [-0.2, 0) is 6.42 Å². The van der Waals surface area contributed by atoms with Crippen molar-refractivity contribution >= 4 is 17.6 Å². The molecule has 4 atom stereocenters. The van der Waals surface area contributed by atoms with Crippen molar-refractivity contribution in [2.75, 3.05) is 46.6 Å². The fourth-order valence-electron chi connectivity index (χ4n) is 6.77. The van der Waals surface area contributed by atoms with Crippen LogP contribution in [0.3, 0.4) is 0 Å². The maximum absolute atomic E-state index is 11.3. The van der Waals surface area contributed by atoms with Crippen LogP contribution in [0.5, 0.6) is 11.5 Å². The fraction of sp³-hybridized carbons (Fsp3) is 0.629. The number of benzene rings is 2. The van der Waals surface area contributed by atoms with Crippen molar-refractivity contribution in [2.24, 2.45) is 11.8 Å². The molecule has 2 aromatic rings. The predicted molar refractivity (Wildman–Crippen MR) is 174 cm³/mol. The molecule has 8 nitrogen and oxygen atoms in total. The number of rotatable bonds is 7. The van der Waals surface area contributed by atoms with Crippen LogP contribution in [0, 0.1) is 11.8 Å². The minimum Gasteiger partial charge on any atom is -0.478 e. The van der Waals surface area contributed by atoms with Crippen molar-refractivity contribution in [1.29, 1.82) is 0 Å². The van der Waals surface area contributed by atoms with Gasteiger partial charge in [0.15, 0.2) is 11.5 Å². The highest BCUT2D eigenvalue weighted by atomic mass is 35.5. The van der Waals surface area contributed by atoms with Gasteiger partial charge in [0, 0.05) is 24.0 Å². The Bertz CT molecular complexity index is 1150. The number of halogens is 1. The first-order chi connectivity index (χ1) is 21.3. The van der Waals surface area contributed by atoms with Crippen LogP contribution >= 0.6 is 11.6 Å². The lowest BCUT2D eigenvalue weighted by Crippen LogP contribution is -2.45. The van der Waals surface area contributed by atoms with Gasteiger partial charge >= 0.3 is 5.97 Å². The van der Waals surface area contributed by atoms with Crippen LogP contribution < -0.4 is 9.47 Å². The Morgan fingerprint density at radius 3 is 2.34 bits per heavy atom. The zero-order valence-corrected chi connectivity index (χ0v) is 27.0. The van der Waals surface area contributed by atoms with Crippen molar-refractivity contribution < 1.29 is 29.6 Å². The summed E-state index contributed by atoms with van der Waals surface area (Å²) in [6, 6.07) is 12.3. The molecule has 9 heteroatoms. The van der Waals surface area contributed by atoms with Gasteiger partial charge in [-0.05, 0) is 113 Å². The second-order valence-corrected chi connectivity index (χ2v) is 13.1. The summed E-state index contributed by atoms with van der Waals surface area (Å²) in [5, 5.41) is 31.4. The molecule has 0 aromatic heterocycles. The van der Waals surface area contributed by atoms with Gasteiger partial charge in [0.25, 0.3) is 0 Å². The summed E-state index contributed by atoms with van der Waals surface area (Å²) in [5.41, 5.74) is 1.56. The number of fused-ring (bicyclic) bond motifs is 1. The highest BCUT2D eigenvalue weighted by Gasteiger charge is 2.35. The monoisotopic (exact) mass is 630 g/mol. The Hall–Kier alpha value is -2.36. The average molecular weight is 631 g/mol. The summed E-state index contributed by atoms with van der Waals surface area (Å²) >= 11 is 5.52. The van der Waals surface area contributed by atoms with Gasteiger partial charge in [-0.2, -0.15) is 0 Å². The quantitative estimate of drug-likeness (QED) is 0.315. The van der Waals surface area contributed by atoms with E-state index in [9.17, 15) is 15.0 Å². The minimum absolute atomic E-state index is 0.141. The molecule has 0 spiro atoms. The zero-order valence-electron chi connectivity index (χ0n) is 26.2. The van der Waals surface area contributed by atoms with Crippen molar-refractivity contribution in [3.8, 4) is 11.5 Å². The largest absolute Gasteiger partial charge is 0.478 e. The summed E-state index contributed by atoms with van der Waals surface area (Å²) in [4.78, 5) is 15.1. The highest BCUT2D eigenvalue weighted by molar-refractivity contribution is 6.30. The Kier molecular flexibility index (Phi) is 14.1. The molecule has 44 heavy (non-hydrogen) atoms. The van der Waals surface area contributed by atoms with Gasteiger partial charge in [-0.1, -0.05) is 49.8 Å². The number of aryl methyl sites for hydroxylation is 1. The number of nitrogens with zero attached hydrogens (tertiary/aromatic N) is 2. The third-order valence-corrected chi connectivity index (χ3v) is 9.53. The van der Waals surface area contributed by atoms with Gasteiger partial charge in [0.05, 0.1) is 17.8 Å². The van der Waals surface area contributed by atoms with Gasteiger partial charge < -0.3 is 34.6 Å². The molecule has 1 aliphatic carbocycles. The van der Waals surface area contributed by atoms with Crippen molar-refractivity contribution in [3.63, 3.8) is 0 Å². The summed E-state index contributed by atoms with van der Waals surface area (Å²) < 4.78 is 10.9. The maximum atomic E-state index is 11.3. The molecule has 2 fully saturated rings. The van der Waals surface area contributed by atoms with E-state index in [0.717, 1.165) is 82.6 Å². The molecule has 1 saturated heterocycles. The number of hydrogen-bond donors (Lipinski definition) is 3. The SMILES string of the molecule is CN1CCCN(CCCCc2ccc3c(c2)OCO3)CC(C2CCCCCCCC2O)C(O)C1.O=C(O)c1ccc(Cl)cc1. The number of carbonyl (C=O) groups is 1. The van der Waals surface area contributed by atoms with E-state index in [1.54, 1.807) is 12.1 Å². The third kappa shape index (κ3) is 10.9. The number of unbranched alkanes of at least 4 members (excludes halogenated alkanes) is 1. The molecule has 3 aliphatic rings. The molecule has 0 bridgehead atoms. The molecule has 3 N–H and O–H groups in total. The van der Waals surface area contributed by atoms with Crippen molar-refractivity contribution in [3.05, 3.63) is 58.6 Å². The number of carboxylic acid groups (broad SMARTS) is 1. The van der Waals surface area contributed by atoms with Crippen molar-refractivity contribution in [1.82, 2.24) is 9.80 Å². The number of aromatic carboxylic acids is 1. The average Bonchev–Trinajstić information content (AvgIpc) is 3.52. The van der Waals surface area contributed by atoms with E-state index in [1.807, 2.05) is 6.07 Å². The molecular formula is C35H51ClN2O6. The van der Waals surface area contributed by atoms with Gasteiger partial charge in [-0.3, -0.25) is 0 Å². The van der Waals surface area contributed by atoms with Crippen LogP contribution in [0.4, 0.5) is 0 Å². The zero-order chi connectivity index (χ0) is 31.3. The first-order valence-corrected chi connectivity index (χ1v) is 16.8. The molecule has 2 aliphatic heterocycles. The second-order valence-electron chi connectivity index (χ2n) is 12.7. The summed E-state index contributed by atoms with van der Waals surface area (Å²) in [6.45, 7) is 5.09. The van der Waals surface area contributed by atoms with Crippen LogP contribution in [0.2, 0.25) is 5.02 Å². The number of likely N-dealkylation sites (N-methyl/N-ethyl adjacent to an activating group) is 1. The third-order valence-electron chi connectivity index (χ3n) is 9.28. The molecule has 4 unspecified atom stereocenters. The summed E-state index contributed by atoms with van der Waals surface area (Å²) in [6.07, 6.45) is 11.8. The minimum atomic E-state index is -0.934. The first-order valence-electron chi connectivity index (χ1n) is 16.4. The molecule has 244 valence electrons. The van der Waals surface area contributed by atoms with E-state index in [1.165, 1.54) is 43.4 Å². The van der Waals surface area contributed by atoms with E-state index < -0.39 is 5.97 Å². The fourth-order valence-corrected chi connectivity index (χ4v) is 6.89. The second kappa shape index (κ2) is 18.0. The van der Waals surface area contributed by atoms with Gasteiger partial charge in [-0.15, -0.1) is 0 Å². The number of aliphatic hydroxyl groups excluding tert-OH is 2. The van der Waals surface area contributed by atoms with E-state index in [-0.39, 0.29) is 29.6 Å². The lowest BCUT2D eigenvalue weighted by atomic mass is 9.78. The number of carboxylic acids is 1. The van der Waals surface area contributed by atoms with Gasteiger partial charge in [-0.25, -0.2) is 4.79 Å². The molecule has 0 amide bonds. The molecule has 2 aromatic carbocycles. The summed E-state index contributed by atoms with van der Waals surface area (Å²) in [7, 11) is 2.13.